The zero-order valence-corrected chi connectivity index (χ0v) is 17.8. The van der Waals surface area contributed by atoms with E-state index in [9.17, 15) is 9.59 Å². The van der Waals surface area contributed by atoms with Crippen LogP contribution in [0.3, 0.4) is 0 Å². The molecule has 0 aliphatic carbocycles. The van der Waals surface area contributed by atoms with Gasteiger partial charge >= 0.3 is 6.09 Å². The maximum Gasteiger partial charge on any atom is 0.407 e. The molecule has 0 aromatic carbocycles. The van der Waals surface area contributed by atoms with Gasteiger partial charge in [0.2, 0.25) is 0 Å². The summed E-state index contributed by atoms with van der Waals surface area (Å²) in [6.45, 7) is 6.83. The molecule has 1 fully saturated rings. The van der Waals surface area contributed by atoms with E-state index in [1.807, 2.05) is 38.0 Å². The zero-order chi connectivity index (χ0) is 20.5. The highest BCUT2D eigenvalue weighted by molar-refractivity contribution is 7.98. The molecule has 0 spiro atoms. The quantitative estimate of drug-likeness (QED) is 0.620. The fraction of sp³-hybridized carbons (Fsp3) is 0.579. The smallest absolute Gasteiger partial charge is 0.407 e. The van der Waals surface area contributed by atoms with Gasteiger partial charge in [-0.25, -0.2) is 14.8 Å². The van der Waals surface area contributed by atoms with Crippen LogP contribution in [0.5, 0.6) is 0 Å². The van der Waals surface area contributed by atoms with Crippen LogP contribution in [0, 0.1) is 0 Å². The van der Waals surface area contributed by atoms with Crippen molar-refractivity contribution in [2.45, 2.75) is 50.4 Å². The van der Waals surface area contributed by atoms with Crippen LogP contribution in [0.15, 0.2) is 22.2 Å². The number of aromatic nitrogens is 3. The highest BCUT2D eigenvalue weighted by Crippen LogP contribution is 2.22. The van der Waals surface area contributed by atoms with Gasteiger partial charge in [0.15, 0.2) is 5.16 Å². The molecule has 9 heteroatoms. The fourth-order valence-electron chi connectivity index (χ4n) is 3.33. The number of carbonyl (C=O) groups is 1. The maximum absolute atomic E-state index is 12.9. The minimum Gasteiger partial charge on any atom is -0.444 e. The molecule has 1 saturated heterocycles. The predicted octanol–water partition coefficient (Wildman–Crippen LogP) is 2.54. The van der Waals surface area contributed by atoms with Crippen molar-refractivity contribution in [2.24, 2.45) is 7.05 Å². The molecule has 0 bridgehead atoms. The first-order valence-corrected chi connectivity index (χ1v) is 10.6. The Morgan fingerprint density at radius 2 is 2.14 bits per heavy atom. The summed E-state index contributed by atoms with van der Waals surface area (Å²) in [5.74, 6) is 0. The number of aryl methyl sites for hydroxylation is 1. The van der Waals surface area contributed by atoms with Gasteiger partial charge in [0, 0.05) is 37.8 Å². The van der Waals surface area contributed by atoms with Gasteiger partial charge in [0.25, 0.3) is 5.56 Å². The molecule has 0 saturated carbocycles. The third-order valence-corrected chi connectivity index (χ3v) is 5.13. The lowest BCUT2D eigenvalue weighted by atomic mass is 10.1. The summed E-state index contributed by atoms with van der Waals surface area (Å²) in [7, 11) is 1.73. The van der Waals surface area contributed by atoms with Crippen LogP contribution >= 0.6 is 11.8 Å². The van der Waals surface area contributed by atoms with Crippen molar-refractivity contribution in [1.29, 1.82) is 0 Å². The SMILES string of the molecule is CSc1ncc2cc(N3CCCC(NC(=O)OC(C)(C)C)C3)c(=O)n(C)c2n1. The van der Waals surface area contributed by atoms with Crippen molar-refractivity contribution in [3.05, 3.63) is 22.6 Å². The normalized spacial score (nSPS) is 17.6. The van der Waals surface area contributed by atoms with Gasteiger partial charge in [-0.1, -0.05) is 11.8 Å². The van der Waals surface area contributed by atoms with Crippen LogP contribution in [-0.2, 0) is 11.8 Å². The second kappa shape index (κ2) is 7.98. The summed E-state index contributed by atoms with van der Waals surface area (Å²) >= 11 is 1.44. The molecule has 1 unspecified atom stereocenters. The van der Waals surface area contributed by atoms with Crippen LogP contribution in [0.25, 0.3) is 11.0 Å². The molecule has 152 valence electrons. The molecule has 3 heterocycles. The number of ether oxygens (including phenoxy) is 1. The predicted molar refractivity (Wildman–Crippen MR) is 111 cm³/mol. The third-order valence-electron chi connectivity index (χ3n) is 4.57. The van der Waals surface area contributed by atoms with E-state index in [-0.39, 0.29) is 11.6 Å². The number of rotatable bonds is 3. The lowest BCUT2D eigenvalue weighted by Gasteiger charge is -2.34. The number of thioether (sulfide) groups is 1. The van der Waals surface area contributed by atoms with Gasteiger partial charge in [0.1, 0.15) is 16.9 Å². The van der Waals surface area contributed by atoms with Gasteiger partial charge in [-0.15, -0.1) is 0 Å². The van der Waals surface area contributed by atoms with E-state index in [1.165, 1.54) is 11.8 Å². The first kappa shape index (κ1) is 20.4. The zero-order valence-electron chi connectivity index (χ0n) is 17.0. The molecule has 3 rings (SSSR count). The van der Waals surface area contributed by atoms with Crippen molar-refractivity contribution in [3.63, 3.8) is 0 Å². The summed E-state index contributed by atoms with van der Waals surface area (Å²) in [5.41, 5.74) is 0.582. The Bertz CT molecular complexity index is 938. The number of piperidine rings is 1. The molecule has 0 radical (unpaired) electrons. The molecule has 1 amide bonds. The lowest BCUT2D eigenvalue weighted by Crippen LogP contribution is -2.50. The highest BCUT2D eigenvalue weighted by Gasteiger charge is 2.26. The molecular formula is C19H27N5O3S. The molecule has 2 aromatic rings. The molecule has 1 aliphatic heterocycles. The van der Waals surface area contributed by atoms with E-state index in [4.69, 9.17) is 4.74 Å². The Kier molecular flexibility index (Phi) is 5.83. The van der Waals surface area contributed by atoms with Crippen molar-refractivity contribution < 1.29 is 9.53 Å². The van der Waals surface area contributed by atoms with Crippen LogP contribution in [0.1, 0.15) is 33.6 Å². The van der Waals surface area contributed by atoms with Crippen molar-refractivity contribution in [1.82, 2.24) is 19.9 Å². The Hall–Kier alpha value is -2.29. The fourth-order valence-corrected chi connectivity index (χ4v) is 3.66. The van der Waals surface area contributed by atoms with Crippen LogP contribution < -0.4 is 15.8 Å². The lowest BCUT2D eigenvalue weighted by molar-refractivity contribution is 0.0500. The van der Waals surface area contributed by atoms with E-state index < -0.39 is 11.7 Å². The average Bonchev–Trinajstić information content (AvgIpc) is 2.63. The van der Waals surface area contributed by atoms with Gasteiger partial charge in [-0.2, -0.15) is 0 Å². The first-order chi connectivity index (χ1) is 13.2. The maximum atomic E-state index is 12.9. The Morgan fingerprint density at radius 1 is 1.39 bits per heavy atom. The van der Waals surface area contributed by atoms with Gasteiger partial charge < -0.3 is 15.0 Å². The van der Waals surface area contributed by atoms with Crippen LogP contribution in [0.4, 0.5) is 10.5 Å². The molecule has 8 nitrogen and oxygen atoms in total. The summed E-state index contributed by atoms with van der Waals surface area (Å²) in [6.07, 6.45) is 4.95. The molecule has 28 heavy (non-hydrogen) atoms. The van der Waals surface area contributed by atoms with Gasteiger partial charge in [-0.3, -0.25) is 9.36 Å². The summed E-state index contributed by atoms with van der Waals surface area (Å²) in [4.78, 5) is 35.8. The number of amides is 1. The Labute approximate surface area is 168 Å². The van der Waals surface area contributed by atoms with E-state index >= 15 is 0 Å². The van der Waals surface area contributed by atoms with Gasteiger partial charge in [-0.05, 0) is 45.9 Å². The van der Waals surface area contributed by atoms with Crippen LogP contribution in [0.2, 0.25) is 0 Å². The highest BCUT2D eigenvalue weighted by atomic mass is 32.2. The van der Waals surface area contributed by atoms with Crippen molar-refractivity contribution in [2.75, 3.05) is 24.2 Å². The van der Waals surface area contributed by atoms with E-state index in [1.54, 1.807) is 17.8 Å². The topological polar surface area (TPSA) is 89.4 Å². The van der Waals surface area contributed by atoms with E-state index in [2.05, 4.69) is 15.3 Å². The minimum atomic E-state index is -0.539. The summed E-state index contributed by atoms with van der Waals surface area (Å²) in [6, 6.07) is 1.77. The van der Waals surface area contributed by atoms with E-state index in [0.717, 1.165) is 24.8 Å². The molecule has 1 aliphatic rings. The van der Waals surface area contributed by atoms with Gasteiger partial charge in [0.05, 0.1) is 0 Å². The number of hydrogen-bond donors (Lipinski definition) is 1. The van der Waals surface area contributed by atoms with Crippen molar-refractivity contribution >= 4 is 34.6 Å². The number of pyridine rings is 1. The molecule has 2 aromatic heterocycles. The number of nitrogens with zero attached hydrogens (tertiary/aromatic N) is 4. The van der Waals surface area contributed by atoms with Crippen LogP contribution in [-0.4, -0.2) is 51.6 Å². The number of carbonyl (C=O) groups excluding carboxylic acids is 1. The number of fused-ring (bicyclic) bond motifs is 1. The molecular weight excluding hydrogens is 378 g/mol. The molecule has 1 N–H and O–H groups in total. The minimum absolute atomic E-state index is 0.0703. The number of anilines is 1. The Morgan fingerprint density at radius 3 is 2.82 bits per heavy atom. The number of hydrogen-bond acceptors (Lipinski definition) is 7. The first-order valence-electron chi connectivity index (χ1n) is 9.33. The van der Waals surface area contributed by atoms with Crippen molar-refractivity contribution in [3.8, 4) is 0 Å². The Balaban J connectivity index is 1.83. The second-order valence-electron chi connectivity index (χ2n) is 7.96. The number of nitrogens with one attached hydrogen (secondary N) is 1. The van der Waals surface area contributed by atoms with E-state index in [0.29, 0.717) is 23.0 Å². The molecule has 1 atom stereocenters. The average molecular weight is 406 g/mol. The summed E-state index contributed by atoms with van der Waals surface area (Å²) < 4.78 is 6.92. The standard InChI is InChI=1S/C19H27N5O3S/c1-19(2,3)27-18(26)21-13-7-6-8-24(11-13)14-9-12-10-20-17(28-5)22-15(12)23(4)16(14)25/h9-10,13H,6-8,11H2,1-5H3,(H,21,26). The largest absolute Gasteiger partial charge is 0.444 e. The number of alkyl carbamates (subject to hydrolysis) is 1. The monoisotopic (exact) mass is 405 g/mol. The third kappa shape index (κ3) is 4.57. The second-order valence-corrected chi connectivity index (χ2v) is 8.73. The summed E-state index contributed by atoms with van der Waals surface area (Å²) in [5, 5.41) is 4.37.